The van der Waals surface area contributed by atoms with E-state index >= 15 is 0 Å². The van der Waals surface area contributed by atoms with Crippen LogP contribution in [-0.4, -0.2) is 65.4 Å². The molecule has 2 saturated heterocycles. The van der Waals surface area contributed by atoms with Crippen molar-refractivity contribution in [3.05, 3.63) is 0 Å². The van der Waals surface area contributed by atoms with Gasteiger partial charge in [0.2, 0.25) is 5.91 Å². The number of rotatable bonds is 3. The fraction of sp³-hybridized carbons (Fsp3) is 0.786. The Bertz CT molecular complexity index is 496. The summed E-state index contributed by atoms with van der Waals surface area (Å²) in [4.78, 5) is 39.7. The summed E-state index contributed by atoms with van der Waals surface area (Å²) in [6, 6.07) is -0.354. The van der Waals surface area contributed by atoms with Gasteiger partial charge in [-0.2, -0.15) is 0 Å². The van der Waals surface area contributed by atoms with Crippen LogP contribution >= 0.6 is 12.4 Å². The lowest BCUT2D eigenvalue weighted by molar-refractivity contribution is -0.140. The van der Waals surface area contributed by atoms with E-state index < -0.39 is 11.6 Å². The molecule has 3 fully saturated rings. The molecule has 7 nitrogen and oxygen atoms in total. The number of hydrogen-bond acceptors (Lipinski definition) is 4. The Balaban J connectivity index is 0.00000176. The van der Waals surface area contributed by atoms with Gasteiger partial charge >= 0.3 is 6.03 Å². The first-order valence-electron chi connectivity index (χ1n) is 7.58. The first-order valence-corrected chi connectivity index (χ1v) is 7.58. The van der Waals surface area contributed by atoms with Crippen LogP contribution < -0.4 is 10.6 Å². The molecule has 0 aromatic heterocycles. The number of piperazine rings is 1. The highest BCUT2D eigenvalue weighted by atomic mass is 35.5. The van der Waals surface area contributed by atoms with Crippen molar-refractivity contribution < 1.29 is 14.4 Å². The fourth-order valence-electron chi connectivity index (χ4n) is 3.23. The Morgan fingerprint density at radius 2 is 2.05 bits per heavy atom. The highest BCUT2D eigenvalue weighted by Gasteiger charge is 2.56. The lowest BCUT2D eigenvalue weighted by atomic mass is 9.96. The summed E-state index contributed by atoms with van der Waals surface area (Å²) in [6.45, 7) is 5.68. The molecule has 2 unspecified atom stereocenters. The van der Waals surface area contributed by atoms with Crippen LogP contribution in [-0.2, 0) is 9.59 Å². The molecule has 22 heavy (non-hydrogen) atoms. The summed E-state index contributed by atoms with van der Waals surface area (Å²) in [5.74, 6) is -0.203. The molecule has 0 spiro atoms. The number of carbonyl (C=O) groups excluding carboxylic acids is 3. The van der Waals surface area contributed by atoms with E-state index in [2.05, 4.69) is 10.6 Å². The maximum atomic E-state index is 12.5. The standard InChI is InChI=1S/C14H22N4O3.ClH/c1-9-7-15-5-6-17(9)11(19)8-18-12(20)14(2,10-3-4-10)16-13(18)21;/h9-10,15H,3-8H2,1-2H3,(H,16,21);1H. The summed E-state index contributed by atoms with van der Waals surface area (Å²) in [5.41, 5.74) is -0.813. The van der Waals surface area contributed by atoms with Crippen LogP contribution in [0, 0.1) is 5.92 Å². The first kappa shape index (κ1) is 17.0. The minimum absolute atomic E-state index is 0. The molecule has 2 heterocycles. The van der Waals surface area contributed by atoms with Crippen molar-refractivity contribution in [2.24, 2.45) is 5.92 Å². The number of urea groups is 1. The smallest absolute Gasteiger partial charge is 0.325 e. The Morgan fingerprint density at radius 3 is 2.64 bits per heavy atom. The normalized spacial score (nSPS) is 31.8. The van der Waals surface area contributed by atoms with Crippen LogP contribution in [0.25, 0.3) is 0 Å². The van der Waals surface area contributed by atoms with Crippen LogP contribution in [0.1, 0.15) is 26.7 Å². The van der Waals surface area contributed by atoms with Gasteiger partial charge < -0.3 is 15.5 Å². The molecule has 3 aliphatic rings. The number of nitrogens with one attached hydrogen (secondary N) is 2. The van der Waals surface area contributed by atoms with Crippen LogP contribution in [0.3, 0.4) is 0 Å². The minimum Gasteiger partial charge on any atom is -0.336 e. The molecule has 2 N–H and O–H groups in total. The highest BCUT2D eigenvalue weighted by Crippen LogP contribution is 2.42. The van der Waals surface area contributed by atoms with E-state index in [1.54, 1.807) is 11.8 Å². The lowest BCUT2D eigenvalue weighted by Crippen LogP contribution is -2.55. The number of hydrogen-bond donors (Lipinski definition) is 2. The van der Waals surface area contributed by atoms with Gasteiger partial charge in [0.1, 0.15) is 12.1 Å². The van der Waals surface area contributed by atoms with Gasteiger partial charge in [-0.15, -0.1) is 12.4 Å². The van der Waals surface area contributed by atoms with Crippen molar-refractivity contribution in [2.45, 2.75) is 38.3 Å². The zero-order valence-electron chi connectivity index (χ0n) is 12.9. The molecule has 3 rings (SSSR count). The van der Waals surface area contributed by atoms with Crippen molar-refractivity contribution in [3.8, 4) is 0 Å². The SMILES string of the molecule is CC1CNCCN1C(=O)CN1C(=O)NC(C)(C2CC2)C1=O.Cl. The molecule has 0 aromatic rings. The third kappa shape index (κ3) is 2.79. The van der Waals surface area contributed by atoms with E-state index in [-0.39, 0.29) is 42.7 Å². The summed E-state index contributed by atoms with van der Waals surface area (Å²) in [6.07, 6.45) is 1.91. The third-order valence-corrected chi connectivity index (χ3v) is 4.81. The van der Waals surface area contributed by atoms with Crippen molar-refractivity contribution >= 4 is 30.3 Å². The zero-order valence-corrected chi connectivity index (χ0v) is 13.7. The second-order valence-electron chi connectivity index (χ2n) is 6.44. The third-order valence-electron chi connectivity index (χ3n) is 4.81. The average Bonchev–Trinajstić information content (AvgIpc) is 3.25. The van der Waals surface area contributed by atoms with E-state index in [0.29, 0.717) is 6.54 Å². The Kier molecular flexibility index (Phi) is 4.67. The van der Waals surface area contributed by atoms with Gasteiger partial charge in [-0.3, -0.25) is 14.5 Å². The van der Waals surface area contributed by atoms with Crippen LogP contribution in [0.2, 0.25) is 0 Å². The van der Waals surface area contributed by atoms with Crippen molar-refractivity contribution in [1.29, 1.82) is 0 Å². The van der Waals surface area contributed by atoms with E-state index in [1.165, 1.54) is 0 Å². The fourth-order valence-corrected chi connectivity index (χ4v) is 3.23. The summed E-state index contributed by atoms with van der Waals surface area (Å²) >= 11 is 0. The van der Waals surface area contributed by atoms with Crippen molar-refractivity contribution in [3.63, 3.8) is 0 Å². The molecule has 1 saturated carbocycles. The number of halogens is 1. The van der Waals surface area contributed by atoms with Crippen LogP contribution in [0.4, 0.5) is 4.79 Å². The molecule has 0 aromatic carbocycles. The molecule has 4 amide bonds. The van der Waals surface area contributed by atoms with Gasteiger partial charge in [-0.1, -0.05) is 0 Å². The van der Waals surface area contributed by atoms with Crippen molar-refractivity contribution in [1.82, 2.24) is 20.4 Å². The summed E-state index contributed by atoms with van der Waals surface area (Å²) in [5, 5.41) is 5.98. The van der Waals surface area contributed by atoms with Gasteiger partial charge in [-0.05, 0) is 32.6 Å². The highest BCUT2D eigenvalue weighted by molar-refractivity contribution is 6.09. The van der Waals surface area contributed by atoms with E-state index in [0.717, 1.165) is 30.8 Å². The maximum absolute atomic E-state index is 12.5. The molecule has 0 radical (unpaired) electrons. The largest absolute Gasteiger partial charge is 0.336 e. The van der Waals surface area contributed by atoms with Gasteiger partial charge in [0.25, 0.3) is 5.91 Å². The van der Waals surface area contributed by atoms with Gasteiger partial charge in [0, 0.05) is 25.7 Å². The topological polar surface area (TPSA) is 81.8 Å². The van der Waals surface area contributed by atoms with Crippen LogP contribution in [0.5, 0.6) is 0 Å². The zero-order chi connectivity index (χ0) is 15.2. The van der Waals surface area contributed by atoms with Gasteiger partial charge in [0.05, 0.1) is 0 Å². The Hall–Kier alpha value is -1.34. The number of carbonyl (C=O) groups is 3. The van der Waals surface area contributed by atoms with Crippen molar-refractivity contribution in [2.75, 3.05) is 26.2 Å². The summed E-state index contributed by atoms with van der Waals surface area (Å²) < 4.78 is 0. The predicted molar refractivity (Wildman–Crippen MR) is 82.7 cm³/mol. The van der Waals surface area contributed by atoms with E-state index in [9.17, 15) is 14.4 Å². The Labute approximate surface area is 136 Å². The summed E-state index contributed by atoms with van der Waals surface area (Å²) in [7, 11) is 0. The lowest BCUT2D eigenvalue weighted by Gasteiger charge is -2.34. The molecular weight excluding hydrogens is 308 g/mol. The monoisotopic (exact) mass is 330 g/mol. The quantitative estimate of drug-likeness (QED) is 0.711. The van der Waals surface area contributed by atoms with Gasteiger partial charge in [0.15, 0.2) is 0 Å². The molecule has 1 aliphatic carbocycles. The number of imide groups is 1. The molecule has 8 heteroatoms. The van der Waals surface area contributed by atoms with Gasteiger partial charge in [-0.25, -0.2) is 4.79 Å². The molecule has 2 aliphatic heterocycles. The molecule has 124 valence electrons. The molecule has 0 bridgehead atoms. The number of nitrogens with zero attached hydrogens (tertiary/aromatic N) is 2. The molecule has 2 atom stereocenters. The first-order chi connectivity index (χ1) is 9.93. The average molecular weight is 331 g/mol. The van der Waals surface area contributed by atoms with Crippen LogP contribution in [0.15, 0.2) is 0 Å². The second-order valence-corrected chi connectivity index (χ2v) is 6.44. The van der Waals surface area contributed by atoms with E-state index in [4.69, 9.17) is 0 Å². The maximum Gasteiger partial charge on any atom is 0.325 e. The number of amides is 4. The Morgan fingerprint density at radius 1 is 1.36 bits per heavy atom. The predicted octanol–water partition coefficient (Wildman–Crippen LogP) is -0.0510. The minimum atomic E-state index is -0.813. The van der Waals surface area contributed by atoms with E-state index in [1.807, 2.05) is 6.92 Å². The molecular formula is C14H23ClN4O3. The second kappa shape index (κ2) is 6.04.